The number of aliphatic hydroxyl groups excluding tert-OH is 1. The summed E-state index contributed by atoms with van der Waals surface area (Å²) in [6.07, 6.45) is 2.38. The van der Waals surface area contributed by atoms with E-state index in [-0.39, 0.29) is 22.7 Å². The van der Waals surface area contributed by atoms with Gasteiger partial charge in [0, 0.05) is 13.2 Å². The van der Waals surface area contributed by atoms with Crippen molar-refractivity contribution >= 4 is 10.0 Å². The van der Waals surface area contributed by atoms with Crippen molar-refractivity contribution in [2.75, 3.05) is 7.11 Å². The van der Waals surface area contributed by atoms with Gasteiger partial charge in [0.25, 0.3) is 0 Å². The molecule has 2 atom stereocenters. The van der Waals surface area contributed by atoms with Crippen molar-refractivity contribution in [2.24, 2.45) is 0 Å². The molecule has 1 aromatic heterocycles. The summed E-state index contributed by atoms with van der Waals surface area (Å²) < 4.78 is 32.5. The Bertz CT molecular complexity index is 540. The number of nitrogens with one attached hydrogen (secondary N) is 2. The van der Waals surface area contributed by atoms with Gasteiger partial charge in [-0.3, -0.25) is 5.10 Å². The molecule has 0 saturated heterocycles. The van der Waals surface area contributed by atoms with E-state index in [1.807, 2.05) is 0 Å². The van der Waals surface area contributed by atoms with Crippen LogP contribution >= 0.6 is 0 Å². The van der Waals surface area contributed by atoms with Crippen LogP contribution in [0.4, 0.5) is 0 Å². The molecule has 0 aromatic carbocycles. The summed E-state index contributed by atoms with van der Waals surface area (Å²) >= 11 is 0. The van der Waals surface area contributed by atoms with Crippen LogP contribution in [0.1, 0.15) is 30.7 Å². The molecule has 8 heteroatoms. The molecule has 3 N–H and O–H groups in total. The molecule has 7 nitrogen and oxygen atoms in total. The molecular formula is C11H19N3O4S. The van der Waals surface area contributed by atoms with E-state index in [4.69, 9.17) is 9.84 Å². The first-order valence-corrected chi connectivity index (χ1v) is 7.66. The van der Waals surface area contributed by atoms with E-state index in [1.54, 1.807) is 14.0 Å². The first-order chi connectivity index (χ1) is 8.97. The fraction of sp³-hybridized carbons (Fsp3) is 0.727. The van der Waals surface area contributed by atoms with E-state index in [0.29, 0.717) is 12.1 Å². The van der Waals surface area contributed by atoms with E-state index >= 15 is 0 Å². The Kier molecular flexibility index (Phi) is 4.24. The number of nitrogens with zero attached hydrogens (tertiary/aromatic N) is 1. The van der Waals surface area contributed by atoms with Crippen LogP contribution in [-0.4, -0.2) is 43.0 Å². The molecular weight excluding hydrogens is 270 g/mol. The van der Waals surface area contributed by atoms with Gasteiger partial charge in [0.2, 0.25) is 10.0 Å². The van der Waals surface area contributed by atoms with Crippen LogP contribution in [-0.2, 0) is 21.4 Å². The Morgan fingerprint density at radius 1 is 1.53 bits per heavy atom. The van der Waals surface area contributed by atoms with Crippen LogP contribution in [0.3, 0.4) is 0 Å². The number of H-pyrrole nitrogens is 1. The van der Waals surface area contributed by atoms with Gasteiger partial charge in [0.15, 0.2) is 0 Å². The van der Waals surface area contributed by atoms with Crippen molar-refractivity contribution in [3.63, 3.8) is 0 Å². The maximum Gasteiger partial charge on any atom is 0.244 e. The van der Waals surface area contributed by atoms with Crippen LogP contribution in [0.25, 0.3) is 0 Å². The second-order valence-corrected chi connectivity index (χ2v) is 6.42. The third-order valence-corrected chi connectivity index (χ3v) is 5.14. The minimum Gasteiger partial charge on any atom is -0.390 e. The van der Waals surface area contributed by atoms with Gasteiger partial charge in [-0.1, -0.05) is 0 Å². The molecule has 0 aliphatic heterocycles. The second kappa shape index (κ2) is 5.58. The number of rotatable bonds is 5. The highest BCUT2D eigenvalue weighted by Gasteiger charge is 2.31. The van der Waals surface area contributed by atoms with E-state index < -0.39 is 16.6 Å². The van der Waals surface area contributed by atoms with Gasteiger partial charge in [-0.2, -0.15) is 5.10 Å². The Balaban J connectivity index is 2.17. The number of methoxy groups -OCH3 is 1. The van der Waals surface area contributed by atoms with Gasteiger partial charge in [0.05, 0.1) is 18.4 Å². The third kappa shape index (κ3) is 2.97. The van der Waals surface area contributed by atoms with E-state index in [1.165, 1.54) is 0 Å². The highest BCUT2D eigenvalue weighted by Crippen LogP contribution is 2.24. The van der Waals surface area contributed by atoms with Gasteiger partial charge in [-0.05, 0) is 26.2 Å². The number of ether oxygens (including phenoxy) is 1. The Labute approximate surface area is 112 Å². The molecule has 1 fully saturated rings. The normalized spacial score (nSPS) is 23.9. The van der Waals surface area contributed by atoms with E-state index in [9.17, 15) is 8.42 Å². The summed E-state index contributed by atoms with van der Waals surface area (Å²) in [4.78, 5) is 0.0517. The van der Waals surface area contributed by atoms with Gasteiger partial charge in [-0.25, -0.2) is 13.1 Å². The van der Waals surface area contributed by atoms with Crippen molar-refractivity contribution < 1.29 is 18.3 Å². The van der Waals surface area contributed by atoms with E-state index in [2.05, 4.69) is 14.9 Å². The molecule has 0 bridgehead atoms. The smallest absolute Gasteiger partial charge is 0.244 e. The molecule has 0 amide bonds. The minimum absolute atomic E-state index is 0.0517. The molecule has 108 valence electrons. The minimum atomic E-state index is -3.66. The maximum absolute atomic E-state index is 12.3. The molecule has 1 aliphatic rings. The molecule has 0 spiro atoms. The monoisotopic (exact) mass is 289 g/mol. The zero-order valence-corrected chi connectivity index (χ0v) is 11.8. The lowest BCUT2D eigenvalue weighted by Gasteiger charge is -2.13. The van der Waals surface area contributed by atoms with Crippen LogP contribution in [0.15, 0.2) is 4.90 Å². The number of aryl methyl sites for hydroxylation is 1. The zero-order valence-electron chi connectivity index (χ0n) is 11.0. The Morgan fingerprint density at radius 2 is 2.26 bits per heavy atom. The quantitative estimate of drug-likeness (QED) is 0.711. The SMILES string of the molecule is COC1CCC(NS(=O)(=O)c2c(CO)n[nH]c2C)C1. The first-order valence-electron chi connectivity index (χ1n) is 6.17. The van der Waals surface area contributed by atoms with Crippen molar-refractivity contribution in [2.45, 2.75) is 49.8 Å². The molecule has 1 saturated carbocycles. The van der Waals surface area contributed by atoms with Crippen LogP contribution in [0, 0.1) is 6.92 Å². The molecule has 0 radical (unpaired) electrons. The lowest BCUT2D eigenvalue weighted by molar-refractivity contribution is 0.107. The van der Waals surface area contributed by atoms with E-state index in [0.717, 1.165) is 12.8 Å². The number of sulfonamides is 1. The predicted molar refractivity (Wildman–Crippen MR) is 68.0 cm³/mol. The highest BCUT2D eigenvalue weighted by atomic mass is 32.2. The van der Waals surface area contributed by atoms with Crippen LogP contribution in [0.5, 0.6) is 0 Å². The molecule has 1 heterocycles. The second-order valence-electron chi connectivity index (χ2n) is 4.77. The summed E-state index contributed by atoms with van der Waals surface area (Å²) in [5, 5.41) is 15.5. The molecule has 1 aliphatic carbocycles. The molecule has 2 rings (SSSR count). The van der Waals surface area contributed by atoms with Crippen molar-refractivity contribution in [3.8, 4) is 0 Å². The topological polar surface area (TPSA) is 104 Å². The maximum atomic E-state index is 12.3. The Hall–Kier alpha value is -0.960. The zero-order chi connectivity index (χ0) is 14.0. The lowest BCUT2D eigenvalue weighted by atomic mass is 10.3. The molecule has 2 unspecified atom stereocenters. The Morgan fingerprint density at radius 3 is 2.84 bits per heavy atom. The first kappa shape index (κ1) is 14.4. The number of hydrogen-bond acceptors (Lipinski definition) is 5. The van der Waals surface area contributed by atoms with Crippen LogP contribution < -0.4 is 4.72 Å². The summed E-state index contributed by atoms with van der Waals surface area (Å²) in [5.41, 5.74) is 0.573. The number of aromatic nitrogens is 2. The molecule has 1 aromatic rings. The summed E-state index contributed by atoms with van der Waals surface area (Å²) in [7, 11) is -2.03. The fourth-order valence-electron chi connectivity index (χ4n) is 2.47. The van der Waals surface area contributed by atoms with Crippen molar-refractivity contribution in [3.05, 3.63) is 11.4 Å². The predicted octanol–water partition coefficient (Wildman–Crippen LogP) is 0.0562. The van der Waals surface area contributed by atoms with Gasteiger partial charge >= 0.3 is 0 Å². The van der Waals surface area contributed by atoms with Crippen molar-refractivity contribution in [1.82, 2.24) is 14.9 Å². The summed E-state index contributed by atoms with van der Waals surface area (Å²) in [5.74, 6) is 0. The van der Waals surface area contributed by atoms with Gasteiger partial charge in [-0.15, -0.1) is 0 Å². The van der Waals surface area contributed by atoms with Crippen molar-refractivity contribution in [1.29, 1.82) is 0 Å². The largest absolute Gasteiger partial charge is 0.390 e. The lowest BCUT2D eigenvalue weighted by Crippen LogP contribution is -2.34. The standard InChI is InChI=1S/C11H19N3O4S/c1-7-11(10(6-15)13-12-7)19(16,17)14-8-3-4-9(5-8)18-2/h8-9,14-15H,3-6H2,1-2H3,(H,12,13). The highest BCUT2D eigenvalue weighted by molar-refractivity contribution is 7.89. The summed E-state index contributed by atoms with van der Waals surface area (Å²) in [6.45, 7) is 1.21. The number of aromatic amines is 1. The average molecular weight is 289 g/mol. The number of aliphatic hydroxyl groups is 1. The molecule has 19 heavy (non-hydrogen) atoms. The fourth-order valence-corrected chi connectivity index (χ4v) is 4.11. The summed E-state index contributed by atoms with van der Waals surface area (Å²) in [6, 6.07) is -0.129. The van der Waals surface area contributed by atoms with Crippen LogP contribution in [0.2, 0.25) is 0 Å². The average Bonchev–Trinajstić information content (AvgIpc) is 2.95. The van der Waals surface area contributed by atoms with Gasteiger partial charge in [0.1, 0.15) is 10.6 Å². The third-order valence-electron chi connectivity index (χ3n) is 3.42. The number of hydrogen-bond donors (Lipinski definition) is 3. The van der Waals surface area contributed by atoms with Gasteiger partial charge < -0.3 is 9.84 Å².